The molecule has 0 atom stereocenters. The molecular formula is C12H13ClF3NS. The van der Waals surface area contributed by atoms with E-state index in [1.165, 1.54) is 6.07 Å². The first-order valence-electron chi connectivity index (χ1n) is 5.68. The van der Waals surface area contributed by atoms with Crippen LogP contribution >= 0.6 is 23.4 Å². The molecule has 1 aromatic carbocycles. The molecule has 18 heavy (non-hydrogen) atoms. The largest absolute Gasteiger partial charge is 0.416 e. The van der Waals surface area contributed by atoms with Gasteiger partial charge in [-0.3, -0.25) is 0 Å². The average Bonchev–Trinajstić information content (AvgIpc) is 2.32. The van der Waals surface area contributed by atoms with E-state index in [2.05, 4.69) is 5.32 Å². The molecule has 2 rings (SSSR count). The zero-order valence-electron chi connectivity index (χ0n) is 9.56. The summed E-state index contributed by atoms with van der Waals surface area (Å²) in [5.74, 6) is 2.16. The Morgan fingerprint density at radius 2 is 1.89 bits per heavy atom. The number of anilines is 1. The summed E-state index contributed by atoms with van der Waals surface area (Å²) in [5, 5.41) is 3.34. The first-order chi connectivity index (χ1) is 8.47. The van der Waals surface area contributed by atoms with Gasteiger partial charge in [-0.2, -0.15) is 24.9 Å². The number of hydrogen-bond acceptors (Lipinski definition) is 2. The van der Waals surface area contributed by atoms with Crippen LogP contribution in [0.4, 0.5) is 18.9 Å². The Balaban J connectivity index is 2.09. The van der Waals surface area contributed by atoms with E-state index in [-0.39, 0.29) is 5.02 Å². The average molecular weight is 296 g/mol. The molecule has 0 aromatic heterocycles. The number of thioether (sulfide) groups is 1. The third kappa shape index (κ3) is 3.48. The molecule has 1 fully saturated rings. The Labute approximate surface area is 113 Å². The van der Waals surface area contributed by atoms with Crippen LogP contribution in [0.5, 0.6) is 0 Å². The van der Waals surface area contributed by atoms with E-state index in [0.717, 1.165) is 36.5 Å². The maximum absolute atomic E-state index is 12.5. The summed E-state index contributed by atoms with van der Waals surface area (Å²) < 4.78 is 37.4. The summed E-state index contributed by atoms with van der Waals surface area (Å²) in [4.78, 5) is 0. The minimum absolute atomic E-state index is 0.128. The van der Waals surface area contributed by atoms with Gasteiger partial charge in [0.2, 0.25) is 0 Å². The molecule has 1 heterocycles. The maximum Gasteiger partial charge on any atom is 0.416 e. The van der Waals surface area contributed by atoms with Crippen molar-refractivity contribution in [1.29, 1.82) is 0 Å². The van der Waals surface area contributed by atoms with E-state index in [4.69, 9.17) is 11.6 Å². The summed E-state index contributed by atoms with van der Waals surface area (Å²) in [6.07, 6.45) is -2.31. The van der Waals surface area contributed by atoms with Gasteiger partial charge in [-0.15, -0.1) is 0 Å². The summed E-state index contributed by atoms with van der Waals surface area (Å²) >= 11 is 7.78. The molecule has 0 radical (unpaired) electrons. The van der Waals surface area contributed by atoms with Crippen LogP contribution in [-0.4, -0.2) is 17.5 Å². The van der Waals surface area contributed by atoms with E-state index < -0.39 is 11.7 Å². The normalized spacial score (nSPS) is 17.8. The lowest BCUT2D eigenvalue weighted by Crippen LogP contribution is -2.24. The molecular weight excluding hydrogens is 283 g/mol. The molecule has 100 valence electrons. The molecule has 1 aliphatic heterocycles. The number of rotatable bonds is 2. The second-order valence-electron chi connectivity index (χ2n) is 4.22. The van der Waals surface area contributed by atoms with Crippen LogP contribution in [-0.2, 0) is 6.18 Å². The van der Waals surface area contributed by atoms with Crippen LogP contribution < -0.4 is 5.32 Å². The Hall–Kier alpha value is -0.550. The van der Waals surface area contributed by atoms with Crippen LogP contribution in [0.15, 0.2) is 18.2 Å². The topological polar surface area (TPSA) is 12.0 Å². The monoisotopic (exact) mass is 295 g/mol. The summed E-state index contributed by atoms with van der Waals surface area (Å²) in [5.41, 5.74) is -0.126. The molecule has 0 saturated carbocycles. The van der Waals surface area contributed by atoms with Crippen molar-refractivity contribution in [3.63, 3.8) is 0 Å². The van der Waals surface area contributed by atoms with Crippen LogP contribution in [0.1, 0.15) is 18.4 Å². The number of halogens is 4. The van der Waals surface area contributed by atoms with Crippen LogP contribution in [0.3, 0.4) is 0 Å². The van der Waals surface area contributed by atoms with Gasteiger partial charge in [0.15, 0.2) is 0 Å². The third-order valence-electron chi connectivity index (χ3n) is 2.88. The fraction of sp³-hybridized carbons (Fsp3) is 0.500. The molecule has 0 amide bonds. The predicted molar refractivity (Wildman–Crippen MR) is 70.4 cm³/mol. The van der Waals surface area contributed by atoms with Gasteiger partial charge in [-0.05, 0) is 42.5 Å². The summed E-state index contributed by atoms with van der Waals surface area (Å²) in [6, 6.07) is 3.75. The molecule has 1 N–H and O–H groups in total. The fourth-order valence-electron chi connectivity index (χ4n) is 1.87. The lowest BCUT2D eigenvalue weighted by atomic mass is 10.1. The number of hydrogen-bond donors (Lipinski definition) is 1. The Bertz CT molecular complexity index is 416. The highest BCUT2D eigenvalue weighted by Gasteiger charge is 2.31. The van der Waals surface area contributed by atoms with Crippen molar-refractivity contribution < 1.29 is 13.2 Å². The minimum Gasteiger partial charge on any atom is -0.381 e. The van der Waals surface area contributed by atoms with Crippen molar-refractivity contribution in [2.75, 3.05) is 16.8 Å². The highest BCUT2D eigenvalue weighted by Crippen LogP contribution is 2.34. The van der Waals surface area contributed by atoms with Gasteiger partial charge in [0, 0.05) is 6.04 Å². The molecule has 1 nitrogen and oxygen atoms in total. The lowest BCUT2D eigenvalue weighted by Gasteiger charge is -2.24. The SMILES string of the molecule is FC(F)(F)c1ccc(NC2CCSCC2)c(Cl)c1. The second-order valence-corrected chi connectivity index (χ2v) is 5.86. The van der Waals surface area contributed by atoms with E-state index in [9.17, 15) is 13.2 Å². The van der Waals surface area contributed by atoms with Crippen LogP contribution in [0.2, 0.25) is 5.02 Å². The molecule has 0 unspecified atom stereocenters. The summed E-state index contributed by atoms with van der Waals surface area (Å²) in [6.45, 7) is 0. The van der Waals surface area contributed by atoms with Gasteiger partial charge < -0.3 is 5.32 Å². The second kappa shape index (κ2) is 5.61. The number of nitrogens with one attached hydrogen (secondary N) is 1. The molecule has 0 spiro atoms. The zero-order valence-corrected chi connectivity index (χ0v) is 11.1. The number of benzene rings is 1. The Kier molecular flexibility index (Phi) is 4.33. The van der Waals surface area contributed by atoms with Crippen molar-refractivity contribution in [2.24, 2.45) is 0 Å². The van der Waals surface area contributed by atoms with Crippen molar-refractivity contribution in [2.45, 2.75) is 25.1 Å². The van der Waals surface area contributed by atoms with Crippen LogP contribution in [0.25, 0.3) is 0 Å². The molecule has 1 saturated heterocycles. The maximum atomic E-state index is 12.5. The molecule has 0 bridgehead atoms. The Morgan fingerprint density at radius 3 is 2.44 bits per heavy atom. The van der Waals surface area contributed by atoms with Gasteiger partial charge in [-0.25, -0.2) is 0 Å². The smallest absolute Gasteiger partial charge is 0.381 e. The lowest BCUT2D eigenvalue weighted by molar-refractivity contribution is -0.137. The van der Waals surface area contributed by atoms with E-state index in [1.807, 2.05) is 11.8 Å². The standard InChI is InChI=1S/C12H13ClF3NS/c13-10-7-8(12(14,15)16)1-2-11(10)17-9-3-5-18-6-4-9/h1-2,7,9,17H,3-6H2. The van der Waals surface area contributed by atoms with Crippen molar-refractivity contribution >= 4 is 29.1 Å². The van der Waals surface area contributed by atoms with E-state index in [1.54, 1.807) is 0 Å². The molecule has 1 aliphatic rings. The predicted octanol–water partition coefficient (Wildman–Crippen LogP) is 4.67. The highest BCUT2D eigenvalue weighted by molar-refractivity contribution is 7.99. The first kappa shape index (κ1) is 13.9. The van der Waals surface area contributed by atoms with Gasteiger partial charge in [0.25, 0.3) is 0 Å². The fourth-order valence-corrected chi connectivity index (χ4v) is 3.21. The minimum atomic E-state index is -4.34. The van der Waals surface area contributed by atoms with Gasteiger partial charge in [0.05, 0.1) is 16.3 Å². The number of alkyl halides is 3. The van der Waals surface area contributed by atoms with Crippen LogP contribution in [0, 0.1) is 0 Å². The summed E-state index contributed by atoms with van der Waals surface area (Å²) in [7, 11) is 0. The quantitative estimate of drug-likeness (QED) is 0.851. The molecule has 0 aliphatic carbocycles. The van der Waals surface area contributed by atoms with Gasteiger partial charge in [-0.1, -0.05) is 11.6 Å². The first-order valence-corrected chi connectivity index (χ1v) is 7.21. The van der Waals surface area contributed by atoms with Gasteiger partial charge in [0.1, 0.15) is 0 Å². The van der Waals surface area contributed by atoms with Crippen molar-refractivity contribution in [1.82, 2.24) is 0 Å². The van der Waals surface area contributed by atoms with Crippen molar-refractivity contribution in [3.05, 3.63) is 28.8 Å². The highest BCUT2D eigenvalue weighted by atomic mass is 35.5. The van der Waals surface area contributed by atoms with Crippen molar-refractivity contribution in [3.8, 4) is 0 Å². The third-order valence-corrected chi connectivity index (χ3v) is 4.24. The zero-order chi connectivity index (χ0) is 13.2. The van der Waals surface area contributed by atoms with Gasteiger partial charge >= 0.3 is 6.18 Å². The molecule has 6 heteroatoms. The molecule has 1 aromatic rings. The van der Waals surface area contributed by atoms with E-state index in [0.29, 0.717) is 11.7 Å². The Morgan fingerprint density at radius 1 is 1.22 bits per heavy atom. The van der Waals surface area contributed by atoms with E-state index >= 15 is 0 Å².